The minimum atomic E-state index is -1.15. The molecule has 2 aromatic rings. The standard InChI is InChI=1S/C14H18N2O4/c1-9-4-10(6-12(17)14(18)20-3)5-11-7-16(8-19-2)15-13(9)11/h4-5,7,12,17H,6,8H2,1-3H3. The summed E-state index contributed by atoms with van der Waals surface area (Å²) in [5, 5.41) is 15.1. The molecule has 1 aromatic carbocycles. The molecule has 20 heavy (non-hydrogen) atoms. The minimum absolute atomic E-state index is 0.221. The first-order chi connectivity index (χ1) is 9.55. The summed E-state index contributed by atoms with van der Waals surface area (Å²) in [5.41, 5.74) is 2.74. The van der Waals surface area contributed by atoms with Gasteiger partial charge in [0.15, 0.2) is 6.10 Å². The fourth-order valence-electron chi connectivity index (χ4n) is 2.20. The van der Waals surface area contributed by atoms with E-state index in [1.54, 1.807) is 11.8 Å². The largest absolute Gasteiger partial charge is 0.467 e. The summed E-state index contributed by atoms with van der Waals surface area (Å²) >= 11 is 0. The van der Waals surface area contributed by atoms with E-state index in [0.717, 1.165) is 22.0 Å². The van der Waals surface area contributed by atoms with Gasteiger partial charge >= 0.3 is 5.97 Å². The number of nitrogens with zero attached hydrogens (tertiary/aromatic N) is 2. The van der Waals surface area contributed by atoms with Gasteiger partial charge in [0.25, 0.3) is 0 Å². The Morgan fingerprint density at radius 3 is 2.85 bits per heavy atom. The number of aryl methyl sites for hydroxylation is 1. The van der Waals surface area contributed by atoms with Gasteiger partial charge in [0.1, 0.15) is 6.73 Å². The van der Waals surface area contributed by atoms with E-state index in [1.165, 1.54) is 7.11 Å². The number of carbonyl (C=O) groups excluding carboxylic acids is 1. The quantitative estimate of drug-likeness (QED) is 0.827. The normalized spacial score (nSPS) is 12.6. The van der Waals surface area contributed by atoms with Crippen LogP contribution in [0.1, 0.15) is 11.1 Å². The second-order valence-corrected chi connectivity index (χ2v) is 4.68. The van der Waals surface area contributed by atoms with Gasteiger partial charge in [0.05, 0.1) is 12.6 Å². The van der Waals surface area contributed by atoms with Gasteiger partial charge in [-0.15, -0.1) is 0 Å². The van der Waals surface area contributed by atoms with Crippen molar-refractivity contribution < 1.29 is 19.4 Å². The van der Waals surface area contributed by atoms with E-state index < -0.39 is 12.1 Å². The lowest BCUT2D eigenvalue weighted by Crippen LogP contribution is -2.24. The summed E-state index contributed by atoms with van der Waals surface area (Å²) in [6.45, 7) is 2.33. The van der Waals surface area contributed by atoms with Crippen molar-refractivity contribution in [1.82, 2.24) is 9.78 Å². The molecule has 1 N–H and O–H groups in total. The fourth-order valence-corrected chi connectivity index (χ4v) is 2.20. The highest BCUT2D eigenvalue weighted by Gasteiger charge is 2.17. The Kier molecular flexibility index (Phi) is 4.36. The van der Waals surface area contributed by atoms with Crippen molar-refractivity contribution >= 4 is 16.9 Å². The van der Waals surface area contributed by atoms with Crippen molar-refractivity contribution in [3.8, 4) is 0 Å². The number of methoxy groups -OCH3 is 2. The van der Waals surface area contributed by atoms with Crippen LogP contribution in [0.2, 0.25) is 0 Å². The van der Waals surface area contributed by atoms with Crippen molar-refractivity contribution in [2.45, 2.75) is 26.2 Å². The number of benzene rings is 1. The van der Waals surface area contributed by atoms with Gasteiger partial charge in [-0.3, -0.25) is 0 Å². The molecule has 0 saturated heterocycles. The molecular weight excluding hydrogens is 260 g/mol. The number of ether oxygens (including phenoxy) is 2. The smallest absolute Gasteiger partial charge is 0.335 e. The molecule has 1 aromatic heterocycles. The molecule has 0 radical (unpaired) electrons. The summed E-state index contributed by atoms with van der Waals surface area (Å²) in [5.74, 6) is -0.627. The molecule has 0 bridgehead atoms. The number of aliphatic hydroxyl groups is 1. The number of fused-ring (bicyclic) bond motifs is 1. The van der Waals surface area contributed by atoms with Crippen molar-refractivity contribution in [1.29, 1.82) is 0 Å². The van der Waals surface area contributed by atoms with Crippen LogP contribution in [0.15, 0.2) is 18.3 Å². The first-order valence-electron chi connectivity index (χ1n) is 6.26. The Balaban J connectivity index is 2.29. The van der Waals surface area contributed by atoms with Crippen LogP contribution < -0.4 is 0 Å². The molecule has 1 atom stereocenters. The zero-order valence-electron chi connectivity index (χ0n) is 11.8. The third-order valence-corrected chi connectivity index (χ3v) is 3.07. The van der Waals surface area contributed by atoms with E-state index in [4.69, 9.17) is 4.74 Å². The maximum Gasteiger partial charge on any atom is 0.335 e. The van der Waals surface area contributed by atoms with Gasteiger partial charge in [-0.05, 0) is 24.1 Å². The third-order valence-electron chi connectivity index (χ3n) is 3.07. The zero-order valence-corrected chi connectivity index (χ0v) is 11.8. The predicted octanol–water partition coefficient (Wildman–Crippen LogP) is 1.03. The van der Waals surface area contributed by atoms with E-state index in [1.807, 2.05) is 25.3 Å². The summed E-state index contributed by atoms with van der Waals surface area (Å²) in [6, 6.07) is 3.83. The van der Waals surface area contributed by atoms with Crippen LogP contribution in [0.25, 0.3) is 10.9 Å². The van der Waals surface area contributed by atoms with Crippen molar-refractivity contribution in [2.24, 2.45) is 0 Å². The zero-order chi connectivity index (χ0) is 14.7. The number of esters is 1. The van der Waals surface area contributed by atoms with Gasteiger partial charge < -0.3 is 14.6 Å². The minimum Gasteiger partial charge on any atom is -0.467 e. The molecule has 6 heteroatoms. The van der Waals surface area contributed by atoms with Crippen molar-refractivity contribution in [2.75, 3.05) is 14.2 Å². The van der Waals surface area contributed by atoms with E-state index in [0.29, 0.717) is 6.73 Å². The maximum atomic E-state index is 11.2. The summed E-state index contributed by atoms with van der Waals surface area (Å²) in [4.78, 5) is 11.2. The predicted molar refractivity (Wildman–Crippen MR) is 73.2 cm³/mol. The number of aliphatic hydroxyl groups excluding tert-OH is 1. The lowest BCUT2D eigenvalue weighted by molar-refractivity contribution is -0.150. The number of rotatable bonds is 5. The van der Waals surface area contributed by atoms with Crippen LogP contribution in [0.3, 0.4) is 0 Å². The van der Waals surface area contributed by atoms with Crippen LogP contribution in [-0.2, 0) is 27.4 Å². The molecule has 1 unspecified atom stereocenters. The summed E-state index contributed by atoms with van der Waals surface area (Å²) in [7, 11) is 2.87. The average molecular weight is 278 g/mol. The molecular formula is C14H18N2O4. The SMILES string of the molecule is COCn1cc2cc(CC(O)C(=O)OC)cc(C)c2n1. The van der Waals surface area contributed by atoms with E-state index in [-0.39, 0.29) is 6.42 Å². The highest BCUT2D eigenvalue weighted by molar-refractivity contribution is 5.82. The Bertz CT molecular complexity index is 621. The van der Waals surface area contributed by atoms with E-state index >= 15 is 0 Å². The average Bonchev–Trinajstić information content (AvgIpc) is 2.81. The highest BCUT2D eigenvalue weighted by atomic mass is 16.5. The Labute approximate surface area is 116 Å². The first-order valence-corrected chi connectivity index (χ1v) is 6.26. The van der Waals surface area contributed by atoms with Gasteiger partial charge in [-0.2, -0.15) is 5.10 Å². The number of hydrogen-bond acceptors (Lipinski definition) is 5. The van der Waals surface area contributed by atoms with E-state index in [2.05, 4.69) is 9.84 Å². The van der Waals surface area contributed by atoms with Crippen LogP contribution in [0.5, 0.6) is 0 Å². The molecule has 0 spiro atoms. The van der Waals surface area contributed by atoms with Gasteiger partial charge in [0.2, 0.25) is 0 Å². The summed E-state index contributed by atoms with van der Waals surface area (Å²) in [6.07, 6.45) is 0.949. The molecule has 6 nitrogen and oxygen atoms in total. The Morgan fingerprint density at radius 1 is 1.45 bits per heavy atom. The number of hydrogen-bond donors (Lipinski definition) is 1. The monoisotopic (exact) mass is 278 g/mol. The molecule has 0 aliphatic heterocycles. The first kappa shape index (κ1) is 14.5. The van der Waals surface area contributed by atoms with Crippen LogP contribution in [-0.4, -0.2) is 41.2 Å². The molecule has 1 heterocycles. The lowest BCUT2D eigenvalue weighted by Gasteiger charge is -2.09. The Morgan fingerprint density at radius 2 is 2.20 bits per heavy atom. The molecule has 2 rings (SSSR count). The lowest BCUT2D eigenvalue weighted by atomic mass is 10.0. The number of aromatic nitrogens is 2. The van der Waals surface area contributed by atoms with Crippen molar-refractivity contribution in [3.63, 3.8) is 0 Å². The van der Waals surface area contributed by atoms with Crippen molar-refractivity contribution in [3.05, 3.63) is 29.5 Å². The third kappa shape index (κ3) is 2.97. The second kappa shape index (κ2) is 6.02. The molecule has 0 amide bonds. The van der Waals surface area contributed by atoms with Gasteiger partial charge in [-0.1, -0.05) is 6.07 Å². The molecule has 0 fully saturated rings. The Hall–Kier alpha value is -1.92. The van der Waals surface area contributed by atoms with Crippen LogP contribution in [0, 0.1) is 6.92 Å². The molecule has 0 aliphatic rings. The number of carbonyl (C=O) groups is 1. The summed E-state index contributed by atoms with van der Waals surface area (Å²) < 4.78 is 11.3. The maximum absolute atomic E-state index is 11.2. The van der Waals surface area contributed by atoms with Gasteiger partial charge in [-0.25, -0.2) is 9.48 Å². The topological polar surface area (TPSA) is 73.6 Å². The van der Waals surface area contributed by atoms with Crippen LogP contribution >= 0.6 is 0 Å². The molecule has 0 aliphatic carbocycles. The highest BCUT2D eigenvalue weighted by Crippen LogP contribution is 2.20. The van der Waals surface area contributed by atoms with E-state index in [9.17, 15) is 9.90 Å². The molecule has 0 saturated carbocycles. The molecule has 108 valence electrons. The van der Waals surface area contributed by atoms with Crippen LogP contribution in [0.4, 0.5) is 0 Å². The fraction of sp³-hybridized carbons (Fsp3) is 0.429. The second-order valence-electron chi connectivity index (χ2n) is 4.68. The van der Waals surface area contributed by atoms with Gasteiger partial charge in [0, 0.05) is 25.1 Å².